The number of carbonyl (C=O) groups is 1. The molecule has 1 saturated heterocycles. The van der Waals surface area contributed by atoms with Crippen LogP contribution in [0.1, 0.15) is 31.2 Å². The van der Waals surface area contributed by atoms with E-state index in [0.29, 0.717) is 11.5 Å². The summed E-state index contributed by atoms with van der Waals surface area (Å²) in [4.78, 5) is 13.6. The SMILES string of the molecule is Cc1ccccc1NC(=S)N1CCCCCC1=O. The van der Waals surface area contributed by atoms with Crippen molar-refractivity contribution in [2.75, 3.05) is 11.9 Å². The fraction of sp³-hybridized carbons (Fsp3) is 0.429. The Morgan fingerprint density at radius 2 is 2.06 bits per heavy atom. The van der Waals surface area contributed by atoms with Gasteiger partial charge in [-0.05, 0) is 43.6 Å². The summed E-state index contributed by atoms with van der Waals surface area (Å²) in [5, 5.41) is 3.70. The number of benzene rings is 1. The molecule has 0 atom stereocenters. The molecule has 1 aromatic carbocycles. The molecule has 0 saturated carbocycles. The number of rotatable bonds is 1. The van der Waals surface area contributed by atoms with E-state index < -0.39 is 0 Å². The normalized spacial score (nSPS) is 16.3. The number of nitrogens with zero attached hydrogens (tertiary/aromatic N) is 1. The lowest BCUT2D eigenvalue weighted by molar-refractivity contribution is -0.126. The molecule has 96 valence electrons. The first kappa shape index (κ1) is 13.0. The van der Waals surface area contributed by atoms with Gasteiger partial charge in [-0.25, -0.2) is 0 Å². The number of amides is 1. The number of hydrogen-bond acceptors (Lipinski definition) is 2. The molecule has 0 radical (unpaired) electrons. The van der Waals surface area contributed by atoms with Crippen LogP contribution in [0.25, 0.3) is 0 Å². The summed E-state index contributed by atoms with van der Waals surface area (Å²) >= 11 is 5.35. The largest absolute Gasteiger partial charge is 0.332 e. The van der Waals surface area contributed by atoms with E-state index in [4.69, 9.17) is 12.2 Å². The first-order valence-corrected chi connectivity index (χ1v) is 6.76. The number of thiocarbonyl (C=S) groups is 1. The van der Waals surface area contributed by atoms with E-state index in [1.165, 1.54) is 0 Å². The third kappa shape index (κ3) is 3.07. The summed E-state index contributed by atoms with van der Waals surface area (Å²) in [5.41, 5.74) is 2.10. The third-order valence-corrected chi connectivity index (χ3v) is 3.53. The van der Waals surface area contributed by atoms with Gasteiger partial charge in [0, 0.05) is 18.7 Å². The molecule has 0 unspecified atom stereocenters. The Balaban J connectivity index is 2.07. The molecule has 1 aromatic rings. The fourth-order valence-electron chi connectivity index (χ4n) is 2.09. The molecule has 0 bridgehead atoms. The zero-order valence-electron chi connectivity index (χ0n) is 10.6. The zero-order valence-corrected chi connectivity index (χ0v) is 11.4. The van der Waals surface area contributed by atoms with Gasteiger partial charge in [-0.3, -0.25) is 9.69 Å². The molecule has 1 amide bonds. The molecule has 1 fully saturated rings. The lowest BCUT2D eigenvalue weighted by Crippen LogP contribution is -2.39. The summed E-state index contributed by atoms with van der Waals surface area (Å²) in [5.74, 6) is 0.138. The molecular weight excluding hydrogens is 244 g/mol. The number of carbonyl (C=O) groups excluding carboxylic acids is 1. The predicted molar refractivity (Wildman–Crippen MR) is 77.6 cm³/mol. The standard InChI is InChI=1S/C14H18N2OS/c1-11-7-4-5-8-12(11)15-14(18)16-10-6-2-3-9-13(16)17/h4-5,7-8H,2-3,6,9-10H2,1H3,(H,15,18). The number of aryl methyl sites for hydroxylation is 1. The highest BCUT2D eigenvalue weighted by atomic mass is 32.1. The second-order valence-corrected chi connectivity index (χ2v) is 4.99. The quantitative estimate of drug-likeness (QED) is 0.789. The number of para-hydroxylation sites is 1. The van der Waals surface area contributed by atoms with Gasteiger partial charge < -0.3 is 5.32 Å². The molecule has 18 heavy (non-hydrogen) atoms. The van der Waals surface area contributed by atoms with E-state index in [9.17, 15) is 4.79 Å². The minimum Gasteiger partial charge on any atom is -0.332 e. The predicted octanol–water partition coefficient (Wildman–Crippen LogP) is 3.09. The highest BCUT2D eigenvalue weighted by Crippen LogP contribution is 2.16. The van der Waals surface area contributed by atoms with Crippen LogP contribution >= 0.6 is 12.2 Å². The van der Waals surface area contributed by atoms with Gasteiger partial charge in [-0.15, -0.1) is 0 Å². The average Bonchev–Trinajstić information content (AvgIpc) is 2.57. The first-order valence-electron chi connectivity index (χ1n) is 6.35. The zero-order chi connectivity index (χ0) is 13.0. The first-order chi connectivity index (χ1) is 8.68. The number of likely N-dealkylation sites (tertiary alicyclic amines) is 1. The van der Waals surface area contributed by atoms with Crippen molar-refractivity contribution in [3.8, 4) is 0 Å². The second-order valence-electron chi connectivity index (χ2n) is 4.60. The second kappa shape index (κ2) is 5.96. The van der Waals surface area contributed by atoms with E-state index in [1.807, 2.05) is 31.2 Å². The van der Waals surface area contributed by atoms with Crippen LogP contribution in [0, 0.1) is 6.92 Å². The van der Waals surface area contributed by atoms with Gasteiger partial charge in [0.2, 0.25) is 5.91 Å². The van der Waals surface area contributed by atoms with Gasteiger partial charge in [-0.2, -0.15) is 0 Å². The Labute approximate surface area is 113 Å². The topological polar surface area (TPSA) is 32.3 Å². The summed E-state index contributed by atoms with van der Waals surface area (Å²) in [7, 11) is 0. The van der Waals surface area contributed by atoms with Crippen molar-refractivity contribution in [3.05, 3.63) is 29.8 Å². The van der Waals surface area contributed by atoms with E-state index in [2.05, 4.69) is 5.32 Å². The van der Waals surface area contributed by atoms with Crippen LogP contribution in [0.5, 0.6) is 0 Å². The van der Waals surface area contributed by atoms with Crippen molar-refractivity contribution in [3.63, 3.8) is 0 Å². The van der Waals surface area contributed by atoms with Crippen molar-refractivity contribution in [1.82, 2.24) is 4.90 Å². The maximum Gasteiger partial charge on any atom is 0.228 e. The van der Waals surface area contributed by atoms with Gasteiger partial charge in [0.25, 0.3) is 0 Å². The maximum absolute atomic E-state index is 11.9. The Kier molecular flexibility index (Phi) is 4.31. The smallest absolute Gasteiger partial charge is 0.228 e. The van der Waals surface area contributed by atoms with Gasteiger partial charge in [0.15, 0.2) is 5.11 Å². The summed E-state index contributed by atoms with van der Waals surface area (Å²) < 4.78 is 0. The molecule has 0 aliphatic carbocycles. The molecule has 1 heterocycles. The maximum atomic E-state index is 11.9. The molecule has 1 N–H and O–H groups in total. The molecule has 1 aliphatic heterocycles. The molecular formula is C14H18N2OS. The Bertz CT molecular complexity index is 459. The Morgan fingerprint density at radius 3 is 2.83 bits per heavy atom. The van der Waals surface area contributed by atoms with Crippen LogP contribution in [-0.2, 0) is 4.79 Å². The Morgan fingerprint density at radius 1 is 1.28 bits per heavy atom. The van der Waals surface area contributed by atoms with Gasteiger partial charge in [0.1, 0.15) is 0 Å². The van der Waals surface area contributed by atoms with Crippen LogP contribution in [0.15, 0.2) is 24.3 Å². The average molecular weight is 262 g/mol. The summed E-state index contributed by atoms with van der Waals surface area (Å²) in [6, 6.07) is 7.95. The van der Waals surface area contributed by atoms with Crippen LogP contribution < -0.4 is 5.32 Å². The highest BCUT2D eigenvalue weighted by molar-refractivity contribution is 7.80. The van der Waals surface area contributed by atoms with Crippen LogP contribution in [0.2, 0.25) is 0 Å². The summed E-state index contributed by atoms with van der Waals surface area (Å²) in [6.07, 6.45) is 3.72. The minimum atomic E-state index is 0.138. The molecule has 0 spiro atoms. The minimum absolute atomic E-state index is 0.138. The lowest BCUT2D eigenvalue weighted by atomic mass is 10.2. The van der Waals surface area contributed by atoms with Crippen LogP contribution in [0.3, 0.4) is 0 Å². The highest BCUT2D eigenvalue weighted by Gasteiger charge is 2.20. The Hall–Kier alpha value is -1.42. The third-order valence-electron chi connectivity index (χ3n) is 3.21. The molecule has 3 nitrogen and oxygen atoms in total. The van der Waals surface area contributed by atoms with E-state index >= 15 is 0 Å². The van der Waals surface area contributed by atoms with Crippen LogP contribution in [-0.4, -0.2) is 22.5 Å². The molecule has 0 aromatic heterocycles. The van der Waals surface area contributed by atoms with Crippen molar-refractivity contribution < 1.29 is 4.79 Å². The van der Waals surface area contributed by atoms with Gasteiger partial charge in [-0.1, -0.05) is 24.6 Å². The van der Waals surface area contributed by atoms with Crippen LogP contribution in [0.4, 0.5) is 5.69 Å². The van der Waals surface area contributed by atoms with Crippen molar-refractivity contribution >= 4 is 28.9 Å². The molecule has 1 aliphatic rings. The lowest BCUT2D eigenvalue weighted by Gasteiger charge is -2.22. The van der Waals surface area contributed by atoms with Gasteiger partial charge in [0.05, 0.1) is 0 Å². The van der Waals surface area contributed by atoms with Gasteiger partial charge >= 0.3 is 0 Å². The van der Waals surface area contributed by atoms with Crippen molar-refractivity contribution in [2.45, 2.75) is 32.6 Å². The fourth-order valence-corrected chi connectivity index (χ4v) is 2.40. The molecule has 4 heteroatoms. The number of hydrogen-bond donors (Lipinski definition) is 1. The molecule has 2 rings (SSSR count). The van der Waals surface area contributed by atoms with E-state index in [-0.39, 0.29) is 5.91 Å². The van der Waals surface area contributed by atoms with E-state index in [1.54, 1.807) is 4.90 Å². The summed E-state index contributed by atoms with van der Waals surface area (Å²) in [6.45, 7) is 2.76. The number of nitrogens with one attached hydrogen (secondary N) is 1. The van der Waals surface area contributed by atoms with E-state index in [0.717, 1.165) is 37.1 Å². The monoisotopic (exact) mass is 262 g/mol. The van der Waals surface area contributed by atoms with Crippen molar-refractivity contribution in [1.29, 1.82) is 0 Å². The van der Waals surface area contributed by atoms with Crippen molar-refractivity contribution in [2.24, 2.45) is 0 Å². The number of anilines is 1.